The van der Waals surface area contributed by atoms with Crippen LogP contribution in [0.25, 0.3) is 0 Å². The molecule has 1 N–H and O–H groups in total. The highest BCUT2D eigenvalue weighted by molar-refractivity contribution is 6.01. The van der Waals surface area contributed by atoms with E-state index in [0.717, 1.165) is 5.69 Å². The highest BCUT2D eigenvalue weighted by atomic mass is 16.2. The summed E-state index contributed by atoms with van der Waals surface area (Å²) in [5, 5.41) is 2.90. The Hall–Kier alpha value is -2.62. The van der Waals surface area contributed by atoms with Crippen molar-refractivity contribution in [3.05, 3.63) is 66.2 Å². The lowest BCUT2D eigenvalue weighted by Crippen LogP contribution is -2.45. The van der Waals surface area contributed by atoms with E-state index in [2.05, 4.69) is 5.32 Å². The molecule has 2 amide bonds. The molecule has 4 heteroatoms. The lowest BCUT2D eigenvalue weighted by Gasteiger charge is -2.28. The number of anilines is 1. The van der Waals surface area contributed by atoms with Crippen molar-refractivity contribution in [1.29, 1.82) is 0 Å². The maximum absolute atomic E-state index is 12.7. The minimum Gasteiger partial charge on any atom is -0.330 e. The van der Waals surface area contributed by atoms with Gasteiger partial charge in [-0.3, -0.25) is 9.59 Å². The Morgan fingerprint density at radius 3 is 2.04 bits per heavy atom. The van der Waals surface area contributed by atoms with Gasteiger partial charge in [-0.1, -0.05) is 50.2 Å². The number of hydrogen-bond donors (Lipinski definition) is 1. The highest BCUT2D eigenvalue weighted by Crippen LogP contribution is 2.16. The predicted octanol–water partition coefficient (Wildman–Crippen LogP) is 3.81. The fraction of sp³-hybridized carbons (Fsp3) is 0.300. The number of hydrogen-bond acceptors (Lipinski definition) is 2. The van der Waals surface area contributed by atoms with Gasteiger partial charge in [-0.25, -0.2) is 0 Å². The zero-order chi connectivity index (χ0) is 17.5. The Morgan fingerprint density at radius 1 is 0.958 bits per heavy atom. The van der Waals surface area contributed by atoms with E-state index < -0.39 is 6.04 Å². The molecule has 0 aromatic heterocycles. The fourth-order valence-corrected chi connectivity index (χ4v) is 2.56. The van der Waals surface area contributed by atoms with Crippen molar-refractivity contribution in [3.8, 4) is 0 Å². The molecule has 2 rings (SSSR count). The van der Waals surface area contributed by atoms with Crippen molar-refractivity contribution in [3.63, 3.8) is 0 Å². The van der Waals surface area contributed by atoms with E-state index in [4.69, 9.17) is 0 Å². The number of nitrogens with one attached hydrogen (secondary N) is 1. The topological polar surface area (TPSA) is 49.4 Å². The molecule has 24 heavy (non-hydrogen) atoms. The standard InChI is InChI=1S/C20H24N2O2/c1-15(2)14-18(19(23)21-17-12-8-5-9-13-17)22(3)20(24)16-10-6-4-7-11-16/h4-13,15,18H,14H2,1-3H3,(H,21,23)/t18-/m0/s1. The number of benzene rings is 2. The highest BCUT2D eigenvalue weighted by Gasteiger charge is 2.28. The SMILES string of the molecule is CC(C)C[C@@H](C(=O)Nc1ccccc1)N(C)C(=O)c1ccccc1. The van der Waals surface area contributed by atoms with Crippen LogP contribution in [0.1, 0.15) is 30.6 Å². The second-order valence-corrected chi connectivity index (χ2v) is 6.28. The van der Waals surface area contributed by atoms with Crippen molar-refractivity contribution in [1.82, 2.24) is 4.90 Å². The van der Waals surface area contributed by atoms with Gasteiger partial charge in [0.15, 0.2) is 0 Å². The van der Waals surface area contributed by atoms with Gasteiger partial charge < -0.3 is 10.2 Å². The van der Waals surface area contributed by atoms with Crippen LogP contribution in [-0.2, 0) is 4.79 Å². The maximum Gasteiger partial charge on any atom is 0.254 e. The smallest absolute Gasteiger partial charge is 0.254 e. The van der Waals surface area contributed by atoms with Crippen LogP contribution in [0, 0.1) is 5.92 Å². The van der Waals surface area contributed by atoms with Gasteiger partial charge in [-0.05, 0) is 36.6 Å². The maximum atomic E-state index is 12.7. The number of carbonyl (C=O) groups is 2. The molecule has 0 saturated carbocycles. The average Bonchev–Trinajstić information content (AvgIpc) is 2.60. The molecule has 0 spiro atoms. The summed E-state index contributed by atoms with van der Waals surface area (Å²) in [6.45, 7) is 4.09. The van der Waals surface area contributed by atoms with Crippen molar-refractivity contribution >= 4 is 17.5 Å². The number of likely N-dealkylation sites (N-methyl/N-ethyl adjacent to an activating group) is 1. The van der Waals surface area contributed by atoms with Gasteiger partial charge in [0, 0.05) is 18.3 Å². The molecule has 1 atom stereocenters. The second kappa shape index (κ2) is 8.29. The zero-order valence-corrected chi connectivity index (χ0v) is 14.4. The third-order valence-electron chi connectivity index (χ3n) is 3.85. The summed E-state index contributed by atoms with van der Waals surface area (Å²) in [5.74, 6) is -0.0197. The van der Waals surface area contributed by atoms with Gasteiger partial charge in [0.05, 0.1) is 0 Å². The van der Waals surface area contributed by atoms with Gasteiger partial charge in [-0.15, -0.1) is 0 Å². The molecular weight excluding hydrogens is 300 g/mol. The van der Waals surface area contributed by atoms with Crippen molar-refractivity contribution in [2.45, 2.75) is 26.3 Å². The molecule has 2 aromatic carbocycles. The molecule has 0 bridgehead atoms. The second-order valence-electron chi connectivity index (χ2n) is 6.28. The van der Waals surface area contributed by atoms with Crippen LogP contribution in [0.2, 0.25) is 0 Å². The molecule has 0 fully saturated rings. The monoisotopic (exact) mass is 324 g/mol. The fourth-order valence-electron chi connectivity index (χ4n) is 2.56. The summed E-state index contributed by atoms with van der Waals surface area (Å²) in [7, 11) is 1.69. The van der Waals surface area contributed by atoms with E-state index in [1.165, 1.54) is 4.90 Å². The quantitative estimate of drug-likeness (QED) is 0.878. The molecule has 4 nitrogen and oxygen atoms in total. The van der Waals surface area contributed by atoms with Crippen LogP contribution in [0.4, 0.5) is 5.69 Å². The normalized spacial score (nSPS) is 11.8. The molecule has 0 saturated heterocycles. The molecule has 0 aliphatic heterocycles. The number of amides is 2. The number of para-hydroxylation sites is 1. The molecule has 126 valence electrons. The molecule has 0 aliphatic rings. The first-order valence-electron chi connectivity index (χ1n) is 8.17. The van der Waals surface area contributed by atoms with E-state index in [-0.39, 0.29) is 11.8 Å². The lowest BCUT2D eigenvalue weighted by atomic mass is 10.0. The van der Waals surface area contributed by atoms with Crippen LogP contribution < -0.4 is 5.32 Å². The minimum absolute atomic E-state index is 0.149. The van der Waals surface area contributed by atoms with E-state index >= 15 is 0 Å². The third kappa shape index (κ3) is 4.69. The van der Waals surface area contributed by atoms with E-state index in [0.29, 0.717) is 17.9 Å². The van der Waals surface area contributed by atoms with Gasteiger partial charge in [0.1, 0.15) is 6.04 Å². The lowest BCUT2D eigenvalue weighted by molar-refractivity contribution is -0.120. The molecule has 0 heterocycles. The van der Waals surface area contributed by atoms with E-state index in [9.17, 15) is 9.59 Å². The molecule has 0 radical (unpaired) electrons. The van der Waals surface area contributed by atoms with Crippen LogP contribution in [0.15, 0.2) is 60.7 Å². The van der Waals surface area contributed by atoms with Crippen molar-refractivity contribution < 1.29 is 9.59 Å². The number of nitrogens with zero attached hydrogens (tertiary/aromatic N) is 1. The first kappa shape index (κ1) is 17.7. The summed E-state index contributed by atoms with van der Waals surface area (Å²) >= 11 is 0. The molecular formula is C20H24N2O2. The summed E-state index contributed by atoms with van der Waals surface area (Å²) in [6.07, 6.45) is 0.605. The van der Waals surface area contributed by atoms with Crippen molar-refractivity contribution in [2.24, 2.45) is 5.92 Å². The van der Waals surface area contributed by atoms with Gasteiger partial charge >= 0.3 is 0 Å². The molecule has 0 aliphatic carbocycles. The molecule has 0 unspecified atom stereocenters. The zero-order valence-electron chi connectivity index (χ0n) is 14.4. The Morgan fingerprint density at radius 2 is 1.50 bits per heavy atom. The summed E-state index contributed by atoms with van der Waals surface area (Å²) in [6, 6.07) is 17.8. The first-order chi connectivity index (χ1) is 11.5. The number of carbonyl (C=O) groups excluding carboxylic acids is 2. The van der Waals surface area contributed by atoms with Gasteiger partial charge in [0.2, 0.25) is 5.91 Å². The Kier molecular flexibility index (Phi) is 6.13. The molecule has 2 aromatic rings. The first-order valence-corrected chi connectivity index (χ1v) is 8.17. The summed E-state index contributed by atoms with van der Waals surface area (Å²) in [4.78, 5) is 26.9. The average molecular weight is 324 g/mol. The van der Waals surface area contributed by atoms with Crippen LogP contribution in [0.3, 0.4) is 0 Å². The van der Waals surface area contributed by atoms with E-state index in [1.54, 1.807) is 19.2 Å². The van der Waals surface area contributed by atoms with Crippen molar-refractivity contribution in [2.75, 3.05) is 12.4 Å². The Labute approximate surface area is 143 Å². The van der Waals surface area contributed by atoms with Crippen LogP contribution in [0.5, 0.6) is 0 Å². The summed E-state index contributed by atoms with van der Waals surface area (Å²) in [5.41, 5.74) is 1.32. The van der Waals surface area contributed by atoms with Gasteiger partial charge in [-0.2, -0.15) is 0 Å². The third-order valence-corrected chi connectivity index (χ3v) is 3.85. The van der Waals surface area contributed by atoms with Crippen LogP contribution >= 0.6 is 0 Å². The van der Waals surface area contributed by atoms with E-state index in [1.807, 2.05) is 62.4 Å². The summed E-state index contributed by atoms with van der Waals surface area (Å²) < 4.78 is 0. The largest absolute Gasteiger partial charge is 0.330 e. The number of rotatable bonds is 6. The Bertz CT molecular complexity index is 669. The minimum atomic E-state index is -0.516. The predicted molar refractivity (Wildman–Crippen MR) is 96.9 cm³/mol. The Balaban J connectivity index is 2.17. The van der Waals surface area contributed by atoms with Crippen LogP contribution in [-0.4, -0.2) is 29.8 Å². The van der Waals surface area contributed by atoms with Gasteiger partial charge in [0.25, 0.3) is 5.91 Å².